The summed E-state index contributed by atoms with van der Waals surface area (Å²) >= 11 is 0. The first-order valence-corrected chi connectivity index (χ1v) is 8.55. The quantitative estimate of drug-likeness (QED) is 0.899. The molecule has 0 amide bonds. The smallest absolute Gasteiger partial charge is 0.303 e. The van der Waals surface area contributed by atoms with Crippen LogP contribution in [0.2, 0.25) is 0 Å². The lowest BCUT2D eigenvalue weighted by Crippen LogP contribution is -2.31. The minimum atomic E-state index is -4.56. The molecule has 8 heteroatoms. The van der Waals surface area contributed by atoms with Crippen LogP contribution in [-0.4, -0.2) is 39.5 Å². The molecule has 1 N–H and O–H groups in total. The number of hydrogen-bond acceptors (Lipinski definition) is 3. The number of sulfonamides is 1. The van der Waals surface area contributed by atoms with Gasteiger partial charge in [0.15, 0.2) is 0 Å². The molecule has 2 rings (SSSR count). The Hall–Kier alpha value is -1.12. The van der Waals surface area contributed by atoms with Gasteiger partial charge in [-0.15, -0.1) is 0 Å². The molecule has 4 nitrogen and oxygen atoms in total. The van der Waals surface area contributed by atoms with Gasteiger partial charge in [0, 0.05) is 12.6 Å². The topological polar surface area (TPSA) is 49.4 Å². The van der Waals surface area contributed by atoms with Gasteiger partial charge in [-0.2, -0.15) is 13.2 Å². The highest BCUT2D eigenvalue weighted by Crippen LogP contribution is 2.30. The zero-order valence-corrected chi connectivity index (χ0v) is 13.0. The van der Waals surface area contributed by atoms with Crippen molar-refractivity contribution in [2.45, 2.75) is 36.4 Å². The highest BCUT2D eigenvalue weighted by molar-refractivity contribution is 7.89. The van der Waals surface area contributed by atoms with E-state index in [0.29, 0.717) is 18.5 Å². The van der Waals surface area contributed by atoms with Crippen molar-refractivity contribution in [3.05, 3.63) is 29.8 Å². The number of halogens is 3. The van der Waals surface area contributed by atoms with Gasteiger partial charge in [0.05, 0.1) is 10.5 Å². The Labute approximate surface area is 128 Å². The highest BCUT2D eigenvalue weighted by Gasteiger charge is 2.31. The van der Waals surface area contributed by atoms with Gasteiger partial charge in [-0.1, -0.05) is 6.07 Å². The second-order valence-electron chi connectivity index (χ2n) is 5.49. The summed E-state index contributed by atoms with van der Waals surface area (Å²) in [6, 6.07) is 4.10. The predicted molar refractivity (Wildman–Crippen MR) is 76.9 cm³/mol. The summed E-state index contributed by atoms with van der Waals surface area (Å²) in [5.41, 5.74) is -0.967. The van der Waals surface area contributed by atoms with Gasteiger partial charge in [-0.05, 0) is 51.1 Å². The molecule has 1 aliphatic heterocycles. The normalized spacial score (nSPS) is 20.5. The Morgan fingerprint density at radius 1 is 1.36 bits per heavy atom. The second-order valence-corrected chi connectivity index (χ2v) is 7.26. The Kier molecular flexibility index (Phi) is 5.14. The maximum absolute atomic E-state index is 12.6. The molecule has 0 aromatic heterocycles. The van der Waals surface area contributed by atoms with Crippen molar-refractivity contribution in [2.75, 3.05) is 20.1 Å². The van der Waals surface area contributed by atoms with Crippen LogP contribution in [0.3, 0.4) is 0 Å². The molecule has 1 aromatic carbocycles. The lowest BCUT2D eigenvalue weighted by atomic mass is 10.1. The number of rotatable bonds is 5. The molecule has 1 saturated heterocycles. The molecule has 124 valence electrons. The third kappa shape index (κ3) is 4.21. The third-order valence-corrected chi connectivity index (χ3v) is 5.37. The van der Waals surface area contributed by atoms with Crippen LogP contribution in [0.25, 0.3) is 0 Å². The fraction of sp³-hybridized carbons (Fsp3) is 0.571. The molecule has 0 bridgehead atoms. The van der Waals surface area contributed by atoms with Crippen molar-refractivity contribution in [3.8, 4) is 0 Å². The molecular weight excluding hydrogens is 317 g/mol. The highest BCUT2D eigenvalue weighted by atomic mass is 32.2. The lowest BCUT2D eigenvalue weighted by molar-refractivity contribution is -0.137. The van der Waals surface area contributed by atoms with Crippen molar-refractivity contribution in [2.24, 2.45) is 0 Å². The van der Waals surface area contributed by atoms with Gasteiger partial charge in [0.25, 0.3) is 0 Å². The van der Waals surface area contributed by atoms with Crippen LogP contribution in [0.5, 0.6) is 0 Å². The van der Waals surface area contributed by atoms with Gasteiger partial charge in [-0.3, -0.25) is 0 Å². The molecule has 1 atom stereocenters. The molecule has 1 unspecified atom stereocenters. The average molecular weight is 336 g/mol. The molecular formula is C14H19F3N2O2S. The fourth-order valence-electron chi connectivity index (χ4n) is 2.63. The Balaban J connectivity index is 2.01. The predicted octanol–water partition coefficient (Wildman–Crippen LogP) is 2.47. The van der Waals surface area contributed by atoms with Gasteiger partial charge in [0.1, 0.15) is 0 Å². The van der Waals surface area contributed by atoms with E-state index in [2.05, 4.69) is 9.62 Å². The maximum Gasteiger partial charge on any atom is 0.416 e. The van der Waals surface area contributed by atoms with Gasteiger partial charge < -0.3 is 4.90 Å². The average Bonchev–Trinajstić information content (AvgIpc) is 2.83. The fourth-order valence-corrected chi connectivity index (χ4v) is 3.72. The Bertz CT molecular complexity index is 617. The molecule has 0 spiro atoms. The summed E-state index contributed by atoms with van der Waals surface area (Å²) in [4.78, 5) is 1.81. The van der Waals surface area contributed by atoms with E-state index in [-0.39, 0.29) is 11.4 Å². The van der Waals surface area contributed by atoms with E-state index in [1.807, 2.05) is 7.05 Å². The number of benzene rings is 1. The molecule has 0 saturated carbocycles. The molecule has 1 heterocycles. The van der Waals surface area contributed by atoms with Crippen molar-refractivity contribution in [1.29, 1.82) is 0 Å². The summed E-state index contributed by atoms with van der Waals surface area (Å²) in [5.74, 6) is 0. The first kappa shape index (κ1) is 17.2. The number of hydrogen-bond donors (Lipinski definition) is 1. The van der Waals surface area contributed by atoms with E-state index in [1.165, 1.54) is 6.07 Å². The summed E-state index contributed by atoms with van der Waals surface area (Å²) < 4.78 is 64.4. The van der Waals surface area contributed by atoms with Gasteiger partial charge in [0.2, 0.25) is 10.0 Å². The number of alkyl halides is 3. The SMILES string of the molecule is CN1CCCC1CCNS(=O)(=O)c1cccc(C(F)(F)F)c1. The lowest BCUT2D eigenvalue weighted by Gasteiger charge is -2.19. The molecule has 1 fully saturated rings. The number of nitrogens with zero attached hydrogens (tertiary/aromatic N) is 1. The van der Waals surface area contributed by atoms with E-state index in [1.54, 1.807) is 0 Å². The van der Waals surface area contributed by atoms with Crippen LogP contribution in [0, 0.1) is 0 Å². The standard InChI is InChI=1S/C14H19F3N2O2S/c1-19-9-3-5-12(19)7-8-18-22(20,21)13-6-2-4-11(10-13)14(15,16)17/h2,4,6,10,12,18H,3,5,7-9H2,1H3. The van der Waals surface area contributed by atoms with Crippen LogP contribution in [0.4, 0.5) is 13.2 Å². The van der Waals surface area contributed by atoms with Gasteiger partial charge >= 0.3 is 6.18 Å². The molecule has 0 radical (unpaired) electrons. The van der Waals surface area contributed by atoms with E-state index < -0.39 is 21.8 Å². The minimum absolute atomic E-state index is 0.216. The van der Waals surface area contributed by atoms with Crippen molar-refractivity contribution >= 4 is 10.0 Å². The molecule has 0 aliphatic carbocycles. The maximum atomic E-state index is 12.6. The first-order valence-electron chi connectivity index (χ1n) is 7.07. The van der Waals surface area contributed by atoms with Crippen molar-refractivity contribution < 1.29 is 21.6 Å². The Morgan fingerprint density at radius 2 is 2.09 bits per heavy atom. The van der Waals surface area contributed by atoms with Gasteiger partial charge in [-0.25, -0.2) is 13.1 Å². The van der Waals surface area contributed by atoms with Crippen LogP contribution in [-0.2, 0) is 16.2 Å². The van der Waals surface area contributed by atoms with Crippen LogP contribution in [0.1, 0.15) is 24.8 Å². The number of likely N-dealkylation sites (tertiary alicyclic amines) is 1. The van der Waals surface area contributed by atoms with Crippen molar-refractivity contribution in [3.63, 3.8) is 0 Å². The monoisotopic (exact) mass is 336 g/mol. The first-order chi connectivity index (χ1) is 10.2. The van der Waals surface area contributed by atoms with Crippen molar-refractivity contribution in [1.82, 2.24) is 9.62 Å². The molecule has 1 aromatic rings. The van der Waals surface area contributed by atoms with Crippen LogP contribution >= 0.6 is 0 Å². The second kappa shape index (κ2) is 6.55. The molecule has 1 aliphatic rings. The van der Waals surface area contributed by atoms with E-state index in [4.69, 9.17) is 0 Å². The zero-order valence-electron chi connectivity index (χ0n) is 12.2. The third-order valence-electron chi connectivity index (χ3n) is 3.91. The Morgan fingerprint density at radius 3 is 2.68 bits per heavy atom. The zero-order chi connectivity index (χ0) is 16.4. The summed E-state index contributed by atoms with van der Waals surface area (Å²) in [7, 11) is -1.94. The number of nitrogens with one attached hydrogen (secondary N) is 1. The van der Waals surface area contributed by atoms with E-state index >= 15 is 0 Å². The van der Waals surface area contributed by atoms with E-state index in [9.17, 15) is 21.6 Å². The summed E-state index contributed by atoms with van der Waals surface area (Å²) in [5, 5.41) is 0. The van der Waals surface area contributed by atoms with E-state index in [0.717, 1.165) is 31.5 Å². The van der Waals surface area contributed by atoms with Crippen LogP contribution in [0.15, 0.2) is 29.2 Å². The minimum Gasteiger partial charge on any atom is -0.303 e. The summed E-state index contributed by atoms with van der Waals surface area (Å²) in [6.45, 7) is 1.21. The van der Waals surface area contributed by atoms with Crippen LogP contribution < -0.4 is 4.72 Å². The largest absolute Gasteiger partial charge is 0.416 e. The molecule has 22 heavy (non-hydrogen) atoms. The summed E-state index contributed by atoms with van der Waals surface area (Å²) in [6.07, 6.45) is -1.81.